The van der Waals surface area contributed by atoms with E-state index in [1.165, 1.54) is 31.2 Å². The number of ketones is 1. The zero-order chi connectivity index (χ0) is 22.3. The molecule has 0 aliphatic carbocycles. The summed E-state index contributed by atoms with van der Waals surface area (Å²) >= 11 is 0. The van der Waals surface area contributed by atoms with Crippen LogP contribution in [0.4, 0.5) is 22.4 Å². The van der Waals surface area contributed by atoms with E-state index in [4.69, 9.17) is 5.26 Å². The number of rotatable bonds is 4. The van der Waals surface area contributed by atoms with Crippen LogP contribution in [0.3, 0.4) is 0 Å². The predicted octanol–water partition coefficient (Wildman–Crippen LogP) is 3.37. The minimum Gasteiger partial charge on any atom is -0.319 e. The molecule has 1 atom stereocenters. The van der Waals surface area contributed by atoms with E-state index in [1.54, 1.807) is 0 Å². The lowest BCUT2D eigenvalue weighted by atomic mass is 9.91. The van der Waals surface area contributed by atoms with Crippen LogP contribution in [0.2, 0.25) is 0 Å². The first kappa shape index (κ1) is 21.0. The maximum atomic E-state index is 13.4. The van der Waals surface area contributed by atoms with Gasteiger partial charge in [-0.15, -0.1) is 0 Å². The number of amides is 3. The Hall–Kier alpha value is -3.74. The zero-order valence-corrected chi connectivity index (χ0v) is 15.4. The highest BCUT2D eigenvalue weighted by atomic mass is 19.4. The number of benzene rings is 2. The summed E-state index contributed by atoms with van der Waals surface area (Å²) in [6.07, 6.45) is -5.00. The van der Waals surface area contributed by atoms with Gasteiger partial charge in [0, 0.05) is 5.56 Å². The third-order valence-electron chi connectivity index (χ3n) is 4.76. The molecular weight excluding hydrogens is 406 g/mol. The normalized spacial score (nSPS) is 18.9. The summed E-state index contributed by atoms with van der Waals surface area (Å²) in [5, 5.41) is 11.3. The third-order valence-corrected chi connectivity index (χ3v) is 4.76. The third kappa shape index (κ3) is 3.61. The van der Waals surface area contributed by atoms with Gasteiger partial charge < -0.3 is 5.32 Å². The van der Waals surface area contributed by atoms with Crippen LogP contribution in [0, 0.1) is 17.1 Å². The Morgan fingerprint density at radius 1 is 1.17 bits per heavy atom. The van der Waals surface area contributed by atoms with Crippen LogP contribution in [0.15, 0.2) is 42.5 Å². The van der Waals surface area contributed by atoms with Crippen molar-refractivity contribution in [2.24, 2.45) is 0 Å². The molecule has 0 radical (unpaired) electrons. The summed E-state index contributed by atoms with van der Waals surface area (Å²) in [6.45, 7) is 0.582. The number of carbonyl (C=O) groups excluding carboxylic acids is 3. The highest BCUT2D eigenvalue weighted by Gasteiger charge is 2.49. The molecule has 1 saturated heterocycles. The SMILES string of the molecule is CC1(c2ccc(C#N)cc2)NC(=O)N(CC(=O)c2ccc(F)c(C(F)(F)F)c2)C1=O. The van der Waals surface area contributed by atoms with Crippen LogP contribution < -0.4 is 5.32 Å². The summed E-state index contributed by atoms with van der Waals surface area (Å²) in [5.74, 6) is -3.29. The monoisotopic (exact) mass is 419 g/mol. The second-order valence-corrected chi connectivity index (χ2v) is 6.75. The summed E-state index contributed by atoms with van der Waals surface area (Å²) in [5.41, 5.74) is -2.94. The Morgan fingerprint density at radius 3 is 2.37 bits per heavy atom. The van der Waals surface area contributed by atoms with Gasteiger partial charge in [-0.1, -0.05) is 12.1 Å². The number of nitrogens with zero attached hydrogens (tertiary/aromatic N) is 2. The molecule has 0 aromatic heterocycles. The number of urea groups is 1. The number of hydrogen-bond acceptors (Lipinski definition) is 4. The van der Waals surface area contributed by atoms with E-state index in [9.17, 15) is 31.9 Å². The number of alkyl halides is 3. The van der Waals surface area contributed by atoms with Gasteiger partial charge in [0.1, 0.15) is 11.4 Å². The summed E-state index contributed by atoms with van der Waals surface area (Å²) in [6, 6.07) is 8.55. The first-order valence-electron chi connectivity index (χ1n) is 8.52. The fraction of sp³-hybridized carbons (Fsp3) is 0.200. The van der Waals surface area contributed by atoms with E-state index in [-0.39, 0.29) is 0 Å². The van der Waals surface area contributed by atoms with Crippen molar-refractivity contribution in [3.8, 4) is 6.07 Å². The van der Waals surface area contributed by atoms with Gasteiger partial charge in [-0.3, -0.25) is 14.5 Å². The number of nitriles is 1. The highest BCUT2D eigenvalue weighted by Crippen LogP contribution is 2.33. The van der Waals surface area contributed by atoms with E-state index in [0.717, 1.165) is 6.07 Å². The molecule has 1 fully saturated rings. The number of Topliss-reactive ketones (excluding diaryl/α,β-unsaturated/α-hetero) is 1. The Morgan fingerprint density at radius 2 is 1.80 bits per heavy atom. The van der Waals surface area contributed by atoms with Crippen LogP contribution in [-0.2, 0) is 16.5 Å². The van der Waals surface area contributed by atoms with Gasteiger partial charge in [0.2, 0.25) is 0 Å². The standard InChI is InChI=1S/C20H13F4N3O3/c1-19(13-5-2-11(9-25)3-6-13)17(29)27(18(30)26-19)10-16(28)12-4-7-15(21)14(8-12)20(22,23)24/h2-8H,10H2,1H3,(H,26,30). The van der Waals surface area contributed by atoms with Crippen LogP contribution in [0.25, 0.3) is 0 Å². The number of halogens is 4. The molecule has 1 aliphatic heterocycles. The number of hydrogen-bond donors (Lipinski definition) is 1. The van der Waals surface area contributed by atoms with Crippen molar-refractivity contribution in [2.45, 2.75) is 18.6 Å². The van der Waals surface area contributed by atoms with Crippen molar-refractivity contribution in [1.82, 2.24) is 10.2 Å². The molecule has 0 saturated carbocycles. The molecule has 154 valence electrons. The smallest absolute Gasteiger partial charge is 0.319 e. The molecule has 3 amide bonds. The quantitative estimate of drug-likeness (QED) is 0.468. The number of nitrogens with one attached hydrogen (secondary N) is 1. The van der Waals surface area contributed by atoms with Gasteiger partial charge in [-0.25, -0.2) is 9.18 Å². The molecule has 30 heavy (non-hydrogen) atoms. The Balaban J connectivity index is 1.85. The van der Waals surface area contributed by atoms with Gasteiger partial charge in [-0.05, 0) is 42.8 Å². The zero-order valence-electron chi connectivity index (χ0n) is 15.4. The van der Waals surface area contributed by atoms with Crippen molar-refractivity contribution in [3.05, 3.63) is 70.5 Å². The lowest BCUT2D eigenvalue weighted by molar-refractivity contribution is -0.140. The maximum Gasteiger partial charge on any atom is 0.419 e. The van der Waals surface area contributed by atoms with E-state index in [1.807, 2.05) is 6.07 Å². The average Bonchev–Trinajstić information content (AvgIpc) is 2.91. The first-order chi connectivity index (χ1) is 14.0. The maximum absolute atomic E-state index is 13.4. The van der Waals surface area contributed by atoms with E-state index in [0.29, 0.717) is 28.2 Å². The van der Waals surface area contributed by atoms with Crippen molar-refractivity contribution in [1.29, 1.82) is 5.26 Å². The predicted molar refractivity (Wildman–Crippen MR) is 94.5 cm³/mol. The van der Waals surface area contributed by atoms with E-state index >= 15 is 0 Å². The molecule has 1 heterocycles. The molecule has 2 aromatic carbocycles. The Kier molecular flexibility index (Phi) is 5.08. The van der Waals surface area contributed by atoms with Crippen LogP contribution in [-0.4, -0.2) is 29.2 Å². The van der Waals surface area contributed by atoms with Crippen molar-refractivity contribution in [3.63, 3.8) is 0 Å². The second kappa shape index (κ2) is 7.26. The largest absolute Gasteiger partial charge is 0.419 e. The summed E-state index contributed by atoms with van der Waals surface area (Å²) in [7, 11) is 0. The van der Waals surface area contributed by atoms with Crippen LogP contribution in [0.5, 0.6) is 0 Å². The molecule has 0 spiro atoms. The molecule has 3 rings (SSSR count). The minimum atomic E-state index is -5.00. The topological polar surface area (TPSA) is 90.3 Å². The highest BCUT2D eigenvalue weighted by molar-refractivity contribution is 6.11. The molecule has 0 bridgehead atoms. The van der Waals surface area contributed by atoms with E-state index < -0.39 is 52.9 Å². The Labute approximate surface area is 167 Å². The van der Waals surface area contributed by atoms with Crippen molar-refractivity contribution < 1.29 is 31.9 Å². The summed E-state index contributed by atoms with van der Waals surface area (Å²) < 4.78 is 52.0. The van der Waals surface area contributed by atoms with E-state index in [2.05, 4.69) is 5.32 Å². The molecule has 1 N–H and O–H groups in total. The van der Waals surface area contributed by atoms with Gasteiger partial charge in [-0.2, -0.15) is 18.4 Å². The second-order valence-electron chi connectivity index (χ2n) is 6.75. The molecule has 1 aliphatic rings. The lowest BCUT2D eigenvalue weighted by Crippen LogP contribution is -2.41. The molecular formula is C20H13F4N3O3. The minimum absolute atomic E-state index is 0.336. The van der Waals surface area contributed by atoms with Crippen molar-refractivity contribution in [2.75, 3.05) is 6.54 Å². The van der Waals surface area contributed by atoms with Gasteiger partial charge in [0.25, 0.3) is 5.91 Å². The fourth-order valence-electron chi connectivity index (χ4n) is 3.07. The molecule has 6 nitrogen and oxygen atoms in total. The fourth-order valence-corrected chi connectivity index (χ4v) is 3.07. The van der Waals surface area contributed by atoms with Crippen LogP contribution in [0.1, 0.15) is 34.0 Å². The average molecular weight is 419 g/mol. The first-order valence-corrected chi connectivity index (χ1v) is 8.52. The van der Waals surface area contributed by atoms with Gasteiger partial charge >= 0.3 is 12.2 Å². The van der Waals surface area contributed by atoms with Gasteiger partial charge in [0.15, 0.2) is 5.78 Å². The van der Waals surface area contributed by atoms with Crippen molar-refractivity contribution >= 4 is 17.7 Å². The van der Waals surface area contributed by atoms with Crippen LogP contribution >= 0.6 is 0 Å². The number of imide groups is 1. The molecule has 2 aromatic rings. The molecule has 1 unspecified atom stereocenters. The summed E-state index contributed by atoms with van der Waals surface area (Å²) in [4.78, 5) is 38.1. The van der Waals surface area contributed by atoms with Gasteiger partial charge in [0.05, 0.1) is 23.7 Å². The lowest BCUT2D eigenvalue weighted by Gasteiger charge is -2.22. The number of carbonyl (C=O) groups is 3. The molecule has 10 heteroatoms. The Bertz CT molecular complexity index is 1090.